The van der Waals surface area contributed by atoms with Gasteiger partial charge in [0.05, 0.1) is 11.9 Å². The zero-order valence-electron chi connectivity index (χ0n) is 12.0. The van der Waals surface area contributed by atoms with E-state index in [2.05, 4.69) is 0 Å². The monoisotopic (exact) mass is 304 g/mol. The first-order chi connectivity index (χ1) is 10.0. The van der Waals surface area contributed by atoms with Gasteiger partial charge in [0.25, 0.3) is 0 Å². The van der Waals surface area contributed by atoms with Gasteiger partial charge in [-0.25, -0.2) is 4.39 Å². The second-order valence-electron chi connectivity index (χ2n) is 4.86. The van der Waals surface area contributed by atoms with Gasteiger partial charge in [-0.15, -0.1) is 11.8 Å². The lowest BCUT2D eigenvalue weighted by Crippen LogP contribution is -2.06. The predicted octanol–water partition coefficient (Wildman–Crippen LogP) is 4.59. The average molecular weight is 304 g/mol. The predicted molar refractivity (Wildman–Crippen MR) is 83.7 cm³/mol. The molecular weight excluding hydrogens is 287 g/mol. The quantitative estimate of drug-likeness (QED) is 0.577. The molecular formula is C17H17FO2S. The van der Waals surface area contributed by atoms with E-state index in [1.54, 1.807) is 36.4 Å². The third-order valence-electron chi connectivity index (χ3n) is 2.73. The van der Waals surface area contributed by atoms with Crippen molar-refractivity contribution in [2.75, 3.05) is 5.75 Å². The summed E-state index contributed by atoms with van der Waals surface area (Å²) in [6.45, 7) is 3.91. The fraction of sp³-hybridized carbons (Fsp3) is 0.235. The fourth-order valence-corrected chi connectivity index (χ4v) is 2.55. The second kappa shape index (κ2) is 7.27. The van der Waals surface area contributed by atoms with Crippen LogP contribution in [-0.4, -0.2) is 17.6 Å². The molecule has 0 unspecified atom stereocenters. The third-order valence-corrected chi connectivity index (χ3v) is 3.74. The van der Waals surface area contributed by atoms with Crippen LogP contribution in [0.5, 0.6) is 5.75 Å². The average Bonchev–Trinajstić information content (AvgIpc) is 2.46. The van der Waals surface area contributed by atoms with Crippen LogP contribution in [-0.2, 0) is 0 Å². The number of ether oxygens (including phenoxy) is 1. The van der Waals surface area contributed by atoms with Crippen molar-refractivity contribution < 1.29 is 13.9 Å². The lowest BCUT2D eigenvalue weighted by atomic mass is 10.1. The van der Waals surface area contributed by atoms with Crippen molar-refractivity contribution in [3.63, 3.8) is 0 Å². The van der Waals surface area contributed by atoms with Crippen LogP contribution in [0.3, 0.4) is 0 Å². The number of benzene rings is 2. The Labute approximate surface area is 128 Å². The lowest BCUT2D eigenvalue weighted by molar-refractivity contribution is 0.102. The molecule has 0 heterocycles. The molecule has 4 heteroatoms. The minimum atomic E-state index is -0.272. The summed E-state index contributed by atoms with van der Waals surface area (Å²) < 4.78 is 18.3. The molecule has 0 fully saturated rings. The van der Waals surface area contributed by atoms with E-state index >= 15 is 0 Å². The molecule has 0 spiro atoms. The van der Waals surface area contributed by atoms with Crippen LogP contribution in [0, 0.1) is 5.82 Å². The molecule has 0 N–H and O–H groups in total. The molecule has 21 heavy (non-hydrogen) atoms. The van der Waals surface area contributed by atoms with Gasteiger partial charge in [0.1, 0.15) is 11.6 Å². The number of halogens is 1. The molecule has 0 aliphatic carbocycles. The largest absolute Gasteiger partial charge is 0.491 e. The molecule has 2 rings (SSSR count). The van der Waals surface area contributed by atoms with Crippen LogP contribution < -0.4 is 4.74 Å². The Bertz CT molecular complexity index is 591. The van der Waals surface area contributed by atoms with Gasteiger partial charge in [0.15, 0.2) is 5.78 Å². The number of carbonyl (C=O) groups excluding carboxylic acids is 1. The first-order valence-electron chi connectivity index (χ1n) is 6.73. The summed E-state index contributed by atoms with van der Waals surface area (Å²) in [5.41, 5.74) is 0.653. The SMILES string of the molecule is CC(C)Oc1ccc(C(=O)CSc2ccc(F)cc2)cc1. The normalized spacial score (nSPS) is 10.7. The molecule has 0 aliphatic heterocycles. The van der Waals surface area contributed by atoms with Gasteiger partial charge < -0.3 is 4.74 Å². The number of ketones is 1. The Morgan fingerprint density at radius 3 is 2.29 bits per heavy atom. The maximum absolute atomic E-state index is 12.8. The second-order valence-corrected chi connectivity index (χ2v) is 5.91. The molecule has 0 bridgehead atoms. The topological polar surface area (TPSA) is 26.3 Å². The lowest BCUT2D eigenvalue weighted by Gasteiger charge is -2.09. The number of thioether (sulfide) groups is 1. The molecule has 0 radical (unpaired) electrons. The first-order valence-corrected chi connectivity index (χ1v) is 7.71. The van der Waals surface area contributed by atoms with Gasteiger partial charge in [-0.1, -0.05) is 0 Å². The summed E-state index contributed by atoms with van der Waals surface area (Å²) >= 11 is 1.40. The minimum Gasteiger partial charge on any atom is -0.491 e. The smallest absolute Gasteiger partial charge is 0.173 e. The Morgan fingerprint density at radius 2 is 1.71 bits per heavy atom. The van der Waals surface area contributed by atoms with Crippen molar-refractivity contribution in [3.05, 3.63) is 59.9 Å². The minimum absolute atomic E-state index is 0.0421. The molecule has 2 nitrogen and oxygen atoms in total. The number of hydrogen-bond donors (Lipinski definition) is 0. The summed E-state index contributed by atoms with van der Waals surface area (Å²) in [4.78, 5) is 13.0. The Morgan fingerprint density at radius 1 is 1.10 bits per heavy atom. The first kappa shape index (κ1) is 15.6. The number of hydrogen-bond acceptors (Lipinski definition) is 3. The van der Waals surface area contributed by atoms with Crippen molar-refractivity contribution in [3.8, 4) is 5.75 Å². The zero-order valence-corrected chi connectivity index (χ0v) is 12.8. The van der Waals surface area contributed by atoms with Crippen molar-refractivity contribution in [2.45, 2.75) is 24.8 Å². The molecule has 0 atom stereocenters. The summed E-state index contributed by atoms with van der Waals surface area (Å²) in [5, 5.41) is 0. The van der Waals surface area contributed by atoms with Crippen LogP contribution in [0.2, 0.25) is 0 Å². The van der Waals surface area contributed by atoms with Crippen LogP contribution >= 0.6 is 11.8 Å². The molecule has 2 aromatic carbocycles. The van der Waals surface area contributed by atoms with Crippen molar-refractivity contribution in [1.82, 2.24) is 0 Å². The highest BCUT2D eigenvalue weighted by molar-refractivity contribution is 8.00. The molecule has 110 valence electrons. The van der Waals surface area contributed by atoms with E-state index < -0.39 is 0 Å². The van der Waals surface area contributed by atoms with Crippen LogP contribution in [0.1, 0.15) is 24.2 Å². The van der Waals surface area contributed by atoms with Gasteiger partial charge in [-0.05, 0) is 62.4 Å². The van der Waals surface area contributed by atoms with Crippen LogP contribution in [0.4, 0.5) is 4.39 Å². The zero-order chi connectivity index (χ0) is 15.2. The van der Waals surface area contributed by atoms with Gasteiger partial charge >= 0.3 is 0 Å². The maximum Gasteiger partial charge on any atom is 0.173 e. The van der Waals surface area contributed by atoms with Gasteiger partial charge in [0.2, 0.25) is 0 Å². The Kier molecular flexibility index (Phi) is 5.39. The van der Waals surface area contributed by atoms with Crippen LogP contribution in [0.25, 0.3) is 0 Å². The van der Waals surface area contributed by atoms with Crippen molar-refractivity contribution in [1.29, 1.82) is 0 Å². The highest BCUT2D eigenvalue weighted by Crippen LogP contribution is 2.20. The van der Waals surface area contributed by atoms with E-state index in [0.717, 1.165) is 10.6 Å². The molecule has 0 saturated carbocycles. The van der Waals surface area contributed by atoms with E-state index in [0.29, 0.717) is 11.3 Å². The highest BCUT2D eigenvalue weighted by atomic mass is 32.2. The maximum atomic E-state index is 12.8. The molecule has 0 saturated heterocycles. The number of rotatable bonds is 6. The summed E-state index contributed by atoms with van der Waals surface area (Å²) in [6.07, 6.45) is 0.112. The van der Waals surface area contributed by atoms with E-state index in [4.69, 9.17) is 4.74 Å². The summed E-state index contributed by atoms with van der Waals surface area (Å²) in [6, 6.07) is 13.3. The van der Waals surface area contributed by atoms with E-state index in [1.807, 2.05) is 13.8 Å². The van der Waals surface area contributed by atoms with E-state index in [1.165, 1.54) is 23.9 Å². The van der Waals surface area contributed by atoms with Gasteiger partial charge in [0, 0.05) is 10.5 Å². The molecule has 0 aliphatic rings. The van der Waals surface area contributed by atoms with E-state index in [-0.39, 0.29) is 17.7 Å². The van der Waals surface area contributed by atoms with Crippen LogP contribution in [0.15, 0.2) is 53.4 Å². The Balaban J connectivity index is 1.92. The number of carbonyl (C=O) groups is 1. The van der Waals surface area contributed by atoms with Gasteiger partial charge in [-0.2, -0.15) is 0 Å². The molecule has 2 aromatic rings. The Hall–Kier alpha value is -1.81. The number of Topliss-reactive ketones (excluding diaryl/α,β-unsaturated/α-hetero) is 1. The highest BCUT2D eigenvalue weighted by Gasteiger charge is 2.07. The van der Waals surface area contributed by atoms with E-state index in [9.17, 15) is 9.18 Å². The van der Waals surface area contributed by atoms with Gasteiger partial charge in [-0.3, -0.25) is 4.79 Å². The van der Waals surface area contributed by atoms with Crippen molar-refractivity contribution >= 4 is 17.5 Å². The third kappa shape index (κ3) is 4.90. The molecule has 0 aromatic heterocycles. The fourth-order valence-electron chi connectivity index (χ4n) is 1.75. The molecule has 0 amide bonds. The standard InChI is InChI=1S/C17H17FO2S/c1-12(2)20-15-7-3-13(4-8-15)17(19)11-21-16-9-5-14(18)6-10-16/h3-10,12H,11H2,1-2H3. The summed E-state index contributed by atoms with van der Waals surface area (Å²) in [7, 11) is 0. The van der Waals surface area contributed by atoms with Crippen molar-refractivity contribution in [2.24, 2.45) is 0 Å². The summed E-state index contributed by atoms with van der Waals surface area (Å²) in [5.74, 6) is 0.857.